The number of hydrogen-bond acceptors (Lipinski definition) is 2. The van der Waals surface area contributed by atoms with Gasteiger partial charge >= 0.3 is 0 Å². The lowest BCUT2D eigenvalue weighted by atomic mass is 10.3. The van der Waals surface area contributed by atoms with Crippen LogP contribution in [0.5, 0.6) is 5.75 Å². The summed E-state index contributed by atoms with van der Waals surface area (Å²) >= 11 is 3.23. The molecule has 0 aliphatic carbocycles. The number of phenols is 1. The number of phenolic OH excluding ortho intramolecular Hbond substituents is 1. The number of nitrogens with zero attached hydrogens (tertiary/aromatic N) is 2. The Kier molecular flexibility index (Phi) is 3.51. The highest BCUT2D eigenvalue weighted by molar-refractivity contribution is 9.10. The van der Waals surface area contributed by atoms with Gasteiger partial charge in [0.25, 0.3) is 0 Å². The normalized spacial score (nSPS) is 11.1. The van der Waals surface area contributed by atoms with Crippen molar-refractivity contribution >= 4 is 33.5 Å². The summed E-state index contributed by atoms with van der Waals surface area (Å²) in [7, 11) is 0. The summed E-state index contributed by atoms with van der Waals surface area (Å²) in [6, 6.07) is 4.74. The molecule has 80 valence electrons. The van der Waals surface area contributed by atoms with E-state index in [9.17, 15) is 5.11 Å². The summed E-state index contributed by atoms with van der Waals surface area (Å²) in [6.07, 6.45) is 0. The zero-order valence-electron chi connectivity index (χ0n) is 7.68. The maximum Gasteiger partial charge on any atom is 0.223 e. The van der Waals surface area contributed by atoms with Crippen LogP contribution in [0.25, 0.3) is 0 Å². The summed E-state index contributed by atoms with van der Waals surface area (Å²) in [5.41, 5.74) is 15.9. The Bertz CT molecular complexity index is 425. The van der Waals surface area contributed by atoms with Crippen LogP contribution in [0.4, 0.5) is 5.69 Å². The second kappa shape index (κ2) is 4.65. The minimum Gasteiger partial charge on any atom is -0.506 e. The molecular weight excluding hydrogens is 262 g/mol. The first-order valence-electron chi connectivity index (χ1n) is 3.91. The van der Waals surface area contributed by atoms with Crippen LogP contribution < -0.4 is 17.2 Å². The molecule has 0 heterocycles. The molecule has 0 aliphatic rings. The first-order chi connectivity index (χ1) is 6.99. The van der Waals surface area contributed by atoms with Crippen LogP contribution >= 0.6 is 15.9 Å². The van der Waals surface area contributed by atoms with Gasteiger partial charge in [-0.25, -0.2) is 4.99 Å². The van der Waals surface area contributed by atoms with Gasteiger partial charge in [-0.2, -0.15) is 4.99 Å². The molecule has 0 bridgehead atoms. The number of aliphatic imine (C=N–C) groups is 2. The lowest BCUT2D eigenvalue weighted by Gasteiger charge is -2.00. The van der Waals surface area contributed by atoms with E-state index in [0.717, 1.165) is 4.47 Å². The van der Waals surface area contributed by atoms with Crippen molar-refractivity contribution in [1.82, 2.24) is 0 Å². The van der Waals surface area contributed by atoms with Crippen molar-refractivity contribution in [3.05, 3.63) is 22.7 Å². The van der Waals surface area contributed by atoms with Gasteiger partial charge in [-0.15, -0.1) is 0 Å². The van der Waals surface area contributed by atoms with Gasteiger partial charge < -0.3 is 22.3 Å². The largest absolute Gasteiger partial charge is 0.506 e. The molecular formula is C8H10BrN5O. The van der Waals surface area contributed by atoms with E-state index in [1.807, 2.05) is 0 Å². The third-order valence-corrected chi connectivity index (χ3v) is 1.91. The van der Waals surface area contributed by atoms with Gasteiger partial charge in [0.15, 0.2) is 5.96 Å². The minimum absolute atomic E-state index is 0.00746. The van der Waals surface area contributed by atoms with Gasteiger partial charge in [0, 0.05) is 4.47 Å². The average molecular weight is 272 g/mol. The Morgan fingerprint density at radius 3 is 2.53 bits per heavy atom. The van der Waals surface area contributed by atoms with Crippen LogP contribution in [0, 0.1) is 0 Å². The van der Waals surface area contributed by atoms with Crippen LogP contribution in [0.3, 0.4) is 0 Å². The fraction of sp³-hybridized carbons (Fsp3) is 0. The molecule has 7 heteroatoms. The predicted octanol–water partition coefficient (Wildman–Crippen LogP) is 0.374. The van der Waals surface area contributed by atoms with Crippen molar-refractivity contribution in [2.45, 2.75) is 0 Å². The van der Waals surface area contributed by atoms with Gasteiger partial charge in [0.1, 0.15) is 11.4 Å². The molecule has 0 aliphatic heterocycles. The van der Waals surface area contributed by atoms with Crippen LogP contribution in [0.1, 0.15) is 0 Å². The SMILES string of the molecule is NC(N)=NC(N)=Nc1cc(Br)ccc1O. The maximum atomic E-state index is 9.42. The topological polar surface area (TPSA) is 123 Å². The van der Waals surface area contributed by atoms with E-state index in [4.69, 9.17) is 17.2 Å². The Morgan fingerprint density at radius 1 is 1.27 bits per heavy atom. The molecule has 1 aromatic carbocycles. The molecule has 0 spiro atoms. The Hall–Kier alpha value is -1.76. The Labute approximate surface area is 94.6 Å². The van der Waals surface area contributed by atoms with Crippen molar-refractivity contribution in [2.75, 3.05) is 0 Å². The van der Waals surface area contributed by atoms with Crippen LogP contribution in [-0.4, -0.2) is 17.0 Å². The quantitative estimate of drug-likeness (QED) is 0.435. The highest BCUT2D eigenvalue weighted by Crippen LogP contribution is 2.29. The summed E-state index contributed by atoms with van der Waals surface area (Å²) in [5.74, 6) is -0.318. The molecule has 0 saturated heterocycles. The van der Waals surface area contributed by atoms with E-state index in [1.54, 1.807) is 12.1 Å². The monoisotopic (exact) mass is 271 g/mol. The molecule has 0 atom stereocenters. The number of nitrogens with two attached hydrogens (primary N) is 3. The first-order valence-corrected chi connectivity index (χ1v) is 4.70. The zero-order chi connectivity index (χ0) is 11.4. The lowest BCUT2D eigenvalue weighted by molar-refractivity contribution is 0.477. The van der Waals surface area contributed by atoms with Gasteiger partial charge in [0.2, 0.25) is 5.96 Å². The summed E-state index contributed by atoms with van der Waals surface area (Å²) in [4.78, 5) is 7.34. The maximum absolute atomic E-state index is 9.42. The van der Waals surface area contributed by atoms with Crippen molar-refractivity contribution in [3.63, 3.8) is 0 Å². The molecule has 0 fully saturated rings. The second-order valence-electron chi connectivity index (χ2n) is 2.64. The summed E-state index contributed by atoms with van der Waals surface area (Å²) < 4.78 is 0.761. The molecule has 0 radical (unpaired) electrons. The molecule has 0 aromatic heterocycles. The second-order valence-corrected chi connectivity index (χ2v) is 3.56. The predicted molar refractivity (Wildman–Crippen MR) is 62.9 cm³/mol. The van der Waals surface area contributed by atoms with Crippen molar-refractivity contribution in [3.8, 4) is 5.75 Å². The fourth-order valence-corrected chi connectivity index (χ4v) is 1.22. The van der Waals surface area contributed by atoms with Gasteiger partial charge in [-0.3, -0.25) is 0 Å². The molecule has 15 heavy (non-hydrogen) atoms. The molecule has 0 unspecified atom stereocenters. The number of hydrogen-bond donors (Lipinski definition) is 4. The highest BCUT2D eigenvalue weighted by atomic mass is 79.9. The van der Waals surface area contributed by atoms with E-state index in [-0.39, 0.29) is 23.4 Å². The minimum atomic E-state index is -0.189. The van der Waals surface area contributed by atoms with Gasteiger partial charge in [0.05, 0.1) is 0 Å². The number of guanidine groups is 2. The third-order valence-electron chi connectivity index (χ3n) is 1.42. The Morgan fingerprint density at radius 2 is 1.93 bits per heavy atom. The number of benzene rings is 1. The molecule has 0 amide bonds. The highest BCUT2D eigenvalue weighted by Gasteiger charge is 2.00. The summed E-state index contributed by atoms with van der Waals surface area (Å²) in [5, 5.41) is 9.42. The number of aromatic hydroxyl groups is 1. The van der Waals surface area contributed by atoms with Crippen LogP contribution in [0.2, 0.25) is 0 Å². The number of halogens is 1. The molecule has 7 N–H and O–H groups in total. The molecule has 6 nitrogen and oxygen atoms in total. The van der Waals surface area contributed by atoms with E-state index in [0.29, 0.717) is 0 Å². The number of rotatable bonds is 1. The molecule has 1 aromatic rings. The molecule has 1 rings (SSSR count). The standard InChI is InChI=1S/C8H10BrN5O/c9-4-1-2-6(15)5(3-4)13-8(12)14-7(10)11/h1-3,15H,(H6,10,11,12,13,14). The van der Waals surface area contributed by atoms with Crippen LogP contribution in [-0.2, 0) is 0 Å². The van der Waals surface area contributed by atoms with Crippen molar-refractivity contribution in [1.29, 1.82) is 0 Å². The van der Waals surface area contributed by atoms with Gasteiger partial charge in [-0.1, -0.05) is 15.9 Å². The first kappa shape index (κ1) is 11.3. The summed E-state index contributed by atoms with van der Waals surface area (Å²) in [6.45, 7) is 0. The van der Waals surface area contributed by atoms with E-state index < -0.39 is 0 Å². The lowest BCUT2D eigenvalue weighted by Crippen LogP contribution is -2.26. The third kappa shape index (κ3) is 3.47. The van der Waals surface area contributed by atoms with Gasteiger partial charge in [-0.05, 0) is 18.2 Å². The zero-order valence-corrected chi connectivity index (χ0v) is 9.27. The average Bonchev–Trinajstić information content (AvgIpc) is 2.10. The van der Waals surface area contributed by atoms with Crippen molar-refractivity contribution < 1.29 is 5.11 Å². The molecule has 0 saturated carbocycles. The van der Waals surface area contributed by atoms with E-state index in [1.165, 1.54) is 6.07 Å². The van der Waals surface area contributed by atoms with E-state index >= 15 is 0 Å². The van der Waals surface area contributed by atoms with Crippen LogP contribution in [0.15, 0.2) is 32.7 Å². The van der Waals surface area contributed by atoms with Crippen molar-refractivity contribution in [2.24, 2.45) is 27.2 Å². The fourth-order valence-electron chi connectivity index (χ4n) is 0.867. The smallest absolute Gasteiger partial charge is 0.223 e. The Balaban J connectivity index is 3.07. The van der Waals surface area contributed by atoms with E-state index in [2.05, 4.69) is 25.9 Å².